The third kappa shape index (κ3) is 4.79. The number of ether oxygens (including phenoxy) is 1. The molecule has 0 spiro atoms. The molecule has 9 nitrogen and oxygen atoms in total. The first-order valence-electron chi connectivity index (χ1n) is 9.95. The molecule has 170 valence electrons. The van der Waals surface area contributed by atoms with Crippen LogP contribution in [0.2, 0.25) is 5.02 Å². The molecule has 0 unspecified atom stereocenters. The van der Waals surface area contributed by atoms with Crippen LogP contribution in [0.3, 0.4) is 0 Å². The van der Waals surface area contributed by atoms with Gasteiger partial charge < -0.3 is 4.74 Å². The van der Waals surface area contributed by atoms with Gasteiger partial charge in [-0.05, 0) is 53.6 Å². The van der Waals surface area contributed by atoms with Gasteiger partial charge in [0.15, 0.2) is 0 Å². The zero-order chi connectivity index (χ0) is 24.2. The summed E-state index contributed by atoms with van der Waals surface area (Å²) in [4.78, 5) is 48.6. The lowest BCUT2D eigenvalue weighted by atomic mass is 10.1. The Bertz CT molecular complexity index is 1320. The van der Waals surface area contributed by atoms with E-state index < -0.39 is 22.8 Å². The summed E-state index contributed by atoms with van der Waals surface area (Å²) in [5.41, 5.74) is 1.23. The number of imide groups is 2. The normalized spacial score (nSPS) is 14.8. The fraction of sp³-hybridized carbons (Fsp3) is 0.0417. The molecule has 0 aliphatic carbocycles. The van der Waals surface area contributed by atoms with Crippen molar-refractivity contribution in [1.29, 1.82) is 0 Å². The Morgan fingerprint density at radius 2 is 1.65 bits per heavy atom. The average Bonchev–Trinajstić information content (AvgIpc) is 2.82. The first-order chi connectivity index (χ1) is 16.3. The molecule has 0 radical (unpaired) electrons. The lowest BCUT2D eigenvalue weighted by Gasteiger charge is -2.27. The van der Waals surface area contributed by atoms with E-state index >= 15 is 0 Å². The van der Waals surface area contributed by atoms with Crippen LogP contribution in [0.25, 0.3) is 6.08 Å². The number of anilines is 1. The first kappa shape index (κ1) is 22.7. The molecule has 3 aromatic carbocycles. The van der Waals surface area contributed by atoms with Gasteiger partial charge in [-0.3, -0.25) is 25.0 Å². The number of halogens is 1. The number of nitrogens with one attached hydrogen (secondary N) is 1. The fourth-order valence-corrected chi connectivity index (χ4v) is 3.44. The van der Waals surface area contributed by atoms with Crippen LogP contribution in [0.4, 0.5) is 16.2 Å². The summed E-state index contributed by atoms with van der Waals surface area (Å²) in [6, 6.07) is 18.1. The number of carbonyl (C=O) groups is 3. The minimum absolute atomic E-state index is 0.00256. The van der Waals surface area contributed by atoms with Gasteiger partial charge >= 0.3 is 6.03 Å². The molecular weight excluding hydrogens is 462 g/mol. The van der Waals surface area contributed by atoms with Crippen LogP contribution < -0.4 is 15.0 Å². The van der Waals surface area contributed by atoms with Gasteiger partial charge in [0.1, 0.15) is 17.9 Å². The zero-order valence-electron chi connectivity index (χ0n) is 17.4. The molecule has 0 aromatic heterocycles. The maximum absolute atomic E-state index is 12.9. The Morgan fingerprint density at radius 1 is 0.971 bits per heavy atom. The summed E-state index contributed by atoms with van der Waals surface area (Å²) >= 11 is 6.12. The van der Waals surface area contributed by atoms with E-state index in [0.29, 0.717) is 11.3 Å². The lowest BCUT2D eigenvalue weighted by molar-refractivity contribution is -0.384. The van der Waals surface area contributed by atoms with E-state index in [0.717, 1.165) is 10.5 Å². The van der Waals surface area contributed by atoms with E-state index in [1.54, 1.807) is 48.5 Å². The maximum Gasteiger partial charge on any atom is 0.335 e. The summed E-state index contributed by atoms with van der Waals surface area (Å²) in [5, 5.41) is 13.1. The quantitative estimate of drug-likeness (QED) is 0.242. The number of para-hydroxylation sites is 1. The molecule has 4 rings (SSSR count). The van der Waals surface area contributed by atoms with Crippen molar-refractivity contribution in [1.82, 2.24) is 5.32 Å². The van der Waals surface area contributed by atoms with E-state index in [9.17, 15) is 24.5 Å². The molecule has 1 heterocycles. The summed E-state index contributed by atoms with van der Waals surface area (Å²) < 4.78 is 5.68. The Morgan fingerprint density at radius 3 is 2.29 bits per heavy atom. The number of carbonyl (C=O) groups excluding carboxylic acids is 3. The second kappa shape index (κ2) is 9.55. The van der Waals surface area contributed by atoms with Gasteiger partial charge in [-0.25, -0.2) is 9.69 Å². The topological polar surface area (TPSA) is 119 Å². The van der Waals surface area contributed by atoms with Crippen LogP contribution in [-0.2, 0) is 16.2 Å². The molecule has 0 bridgehead atoms. The second-order valence-corrected chi connectivity index (χ2v) is 7.60. The van der Waals surface area contributed by atoms with Crippen molar-refractivity contribution in [2.24, 2.45) is 0 Å². The van der Waals surface area contributed by atoms with Crippen LogP contribution in [0.15, 0.2) is 78.4 Å². The monoisotopic (exact) mass is 477 g/mol. The number of urea groups is 1. The minimum Gasteiger partial charge on any atom is -0.489 e. The van der Waals surface area contributed by atoms with Gasteiger partial charge in [-0.15, -0.1) is 0 Å². The molecule has 10 heteroatoms. The largest absolute Gasteiger partial charge is 0.489 e. The number of benzene rings is 3. The molecule has 0 saturated carbocycles. The SMILES string of the molecule is O=C1NC(=O)N(c2ccccc2Cl)C(=O)/C1=C/c1ccc(OCc2ccc([N+](=O)[O-])cc2)cc1. The maximum atomic E-state index is 12.9. The predicted octanol–water partition coefficient (Wildman–Crippen LogP) is 4.49. The molecule has 4 amide bonds. The van der Waals surface area contributed by atoms with Crippen molar-refractivity contribution < 1.29 is 24.0 Å². The van der Waals surface area contributed by atoms with Crippen LogP contribution >= 0.6 is 11.6 Å². The number of amides is 4. The van der Waals surface area contributed by atoms with E-state index in [2.05, 4.69) is 5.32 Å². The number of nitrogens with zero attached hydrogens (tertiary/aromatic N) is 2. The number of nitro benzene ring substituents is 1. The lowest BCUT2D eigenvalue weighted by Crippen LogP contribution is -2.54. The predicted molar refractivity (Wildman–Crippen MR) is 124 cm³/mol. The van der Waals surface area contributed by atoms with Crippen molar-refractivity contribution in [3.8, 4) is 5.75 Å². The number of nitro groups is 1. The average molecular weight is 478 g/mol. The van der Waals surface area contributed by atoms with Gasteiger partial charge in [-0.2, -0.15) is 0 Å². The molecule has 1 N–H and O–H groups in total. The number of barbiturate groups is 1. The Labute approximate surface area is 198 Å². The Kier molecular flexibility index (Phi) is 6.37. The van der Waals surface area contributed by atoms with E-state index in [1.807, 2.05) is 0 Å². The molecule has 1 saturated heterocycles. The third-order valence-electron chi connectivity index (χ3n) is 4.94. The summed E-state index contributed by atoms with van der Waals surface area (Å²) in [6.07, 6.45) is 1.37. The second-order valence-electron chi connectivity index (χ2n) is 7.19. The fourth-order valence-electron chi connectivity index (χ4n) is 3.22. The van der Waals surface area contributed by atoms with Crippen LogP contribution in [0.1, 0.15) is 11.1 Å². The molecule has 34 heavy (non-hydrogen) atoms. The van der Waals surface area contributed by atoms with E-state index in [1.165, 1.54) is 30.3 Å². The molecule has 0 atom stereocenters. The summed E-state index contributed by atoms with van der Waals surface area (Å²) in [5.74, 6) is -1.08. The van der Waals surface area contributed by atoms with Crippen LogP contribution in [-0.4, -0.2) is 22.8 Å². The molecule has 1 aliphatic heterocycles. The Balaban J connectivity index is 1.49. The molecule has 3 aromatic rings. The smallest absolute Gasteiger partial charge is 0.335 e. The van der Waals surface area contributed by atoms with E-state index in [-0.39, 0.29) is 28.6 Å². The van der Waals surface area contributed by atoms with E-state index in [4.69, 9.17) is 16.3 Å². The van der Waals surface area contributed by atoms with Crippen molar-refractivity contribution in [2.75, 3.05) is 4.90 Å². The van der Waals surface area contributed by atoms with Crippen molar-refractivity contribution in [3.63, 3.8) is 0 Å². The van der Waals surface area contributed by atoms with Gasteiger partial charge in [0, 0.05) is 12.1 Å². The van der Waals surface area contributed by atoms with Gasteiger partial charge in [0.05, 0.1) is 15.6 Å². The van der Waals surface area contributed by atoms with Gasteiger partial charge in [0.25, 0.3) is 17.5 Å². The molecular formula is C24H16ClN3O6. The third-order valence-corrected chi connectivity index (χ3v) is 5.26. The molecule has 1 fully saturated rings. The summed E-state index contributed by atoms with van der Waals surface area (Å²) in [7, 11) is 0. The van der Waals surface area contributed by atoms with Crippen molar-refractivity contribution >= 4 is 46.9 Å². The highest BCUT2D eigenvalue weighted by atomic mass is 35.5. The number of hydrogen-bond acceptors (Lipinski definition) is 6. The van der Waals surface area contributed by atoms with Crippen LogP contribution in [0, 0.1) is 10.1 Å². The first-order valence-corrected chi connectivity index (χ1v) is 10.3. The van der Waals surface area contributed by atoms with Crippen molar-refractivity contribution in [3.05, 3.63) is 105 Å². The summed E-state index contributed by atoms with van der Waals surface area (Å²) in [6.45, 7) is 0.203. The van der Waals surface area contributed by atoms with Crippen molar-refractivity contribution in [2.45, 2.75) is 6.61 Å². The Hall–Kier alpha value is -4.50. The number of hydrogen-bond donors (Lipinski definition) is 1. The minimum atomic E-state index is -0.879. The highest BCUT2D eigenvalue weighted by Crippen LogP contribution is 2.29. The van der Waals surface area contributed by atoms with Crippen LogP contribution in [0.5, 0.6) is 5.75 Å². The van der Waals surface area contributed by atoms with Gasteiger partial charge in [0.2, 0.25) is 0 Å². The highest BCUT2D eigenvalue weighted by molar-refractivity contribution is 6.42. The highest BCUT2D eigenvalue weighted by Gasteiger charge is 2.37. The molecule has 1 aliphatic rings. The number of non-ortho nitro benzene ring substituents is 1. The standard InChI is InChI=1S/C24H16ClN3O6/c25-20-3-1-2-4-21(20)27-23(30)19(22(29)26-24(27)31)13-15-7-11-18(12-8-15)34-14-16-5-9-17(10-6-16)28(32)33/h1-13H,14H2,(H,26,29,31)/b19-13+. The zero-order valence-corrected chi connectivity index (χ0v) is 18.2. The van der Waals surface area contributed by atoms with Gasteiger partial charge in [-0.1, -0.05) is 35.9 Å². The number of rotatable bonds is 6.